The number of halogens is 2. The Labute approximate surface area is 104 Å². The molecule has 4 heteroatoms. The van der Waals surface area contributed by atoms with Crippen molar-refractivity contribution in [3.8, 4) is 5.75 Å². The largest absolute Gasteiger partial charge is 0.488 e. The van der Waals surface area contributed by atoms with Crippen molar-refractivity contribution in [2.24, 2.45) is 0 Å². The third kappa shape index (κ3) is 2.59. The lowest BCUT2D eigenvalue weighted by molar-refractivity contribution is 0.290. The van der Waals surface area contributed by atoms with Crippen LogP contribution in [-0.4, -0.2) is 0 Å². The molecule has 2 rings (SSSR count). The lowest BCUT2D eigenvalue weighted by atomic mass is 10.2. The first-order valence-electron chi connectivity index (χ1n) is 5.50. The van der Waals surface area contributed by atoms with Crippen molar-refractivity contribution in [3.63, 3.8) is 0 Å². The molecule has 0 spiro atoms. The van der Waals surface area contributed by atoms with Gasteiger partial charge >= 0.3 is 0 Å². The minimum absolute atomic E-state index is 0.0753. The molecule has 2 aromatic carbocycles. The Balaban J connectivity index is 2.16. The number of nitrogens with two attached hydrogens (primary N) is 1. The maximum Gasteiger partial charge on any atom is 0.132 e. The minimum Gasteiger partial charge on any atom is -0.488 e. The smallest absolute Gasteiger partial charge is 0.132 e. The average molecular weight is 249 g/mol. The lowest BCUT2D eigenvalue weighted by Gasteiger charge is -2.10. The summed E-state index contributed by atoms with van der Waals surface area (Å²) >= 11 is 0. The van der Waals surface area contributed by atoms with E-state index in [1.807, 2.05) is 6.92 Å². The number of benzene rings is 2. The van der Waals surface area contributed by atoms with E-state index in [1.54, 1.807) is 18.2 Å². The molecule has 0 fully saturated rings. The second kappa shape index (κ2) is 5.04. The molecule has 0 aliphatic carbocycles. The SMILES string of the molecule is Cc1cc(N)ccc1OCc1c(F)cccc1F. The fraction of sp³-hybridized carbons (Fsp3) is 0.143. The van der Waals surface area contributed by atoms with Crippen molar-refractivity contribution >= 4 is 5.69 Å². The van der Waals surface area contributed by atoms with Crippen LogP contribution in [0.15, 0.2) is 36.4 Å². The van der Waals surface area contributed by atoms with Crippen LogP contribution in [0, 0.1) is 18.6 Å². The molecule has 0 unspecified atom stereocenters. The lowest BCUT2D eigenvalue weighted by Crippen LogP contribution is -2.02. The van der Waals surface area contributed by atoms with Gasteiger partial charge in [0, 0.05) is 5.69 Å². The van der Waals surface area contributed by atoms with Crippen LogP contribution in [0.4, 0.5) is 14.5 Å². The molecule has 0 radical (unpaired) electrons. The van der Waals surface area contributed by atoms with Crippen LogP contribution < -0.4 is 10.5 Å². The van der Waals surface area contributed by atoms with Gasteiger partial charge in [0.05, 0.1) is 5.56 Å². The number of hydrogen-bond acceptors (Lipinski definition) is 2. The molecule has 0 atom stereocenters. The Hall–Kier alpha value is -2.10. The number of ether oxygens (including phenoxy) is 1. The molecule has 0 aliphatic heterocycles. The molecule has 0 heterocycles. The summed E-state index contributed by atoms with van der Waals surface area (Å²) in [4.78, 5) is 0. The van der Waals surface area contributed by atoms with Crippen molar-refractivity contribution in [1.82, 2.24) is 0 Å². The molecule has 18 heavy (non-hydrogen) atoms. The number of anilines is 1. The van der Waals surface area contributed by atoms with Gasteiger partial charge in [0.25, 0.3) is 0 Å². The van der Waals surface area contributed by atoms with E-state index in [-0.39, 0.29) is 12.2 Å². The van der Waals surface area contributed by atoms with Gasteiger partial charge in [0.15, 0.2) is 0 Å². The molecule has 0 amide bonds. The van der Waals surface area contributed by atoms with Crippen LogP contribution in [-0.2, 0) is 6.61 Å². The van der Waals surface area contributed by atoms with Gasteiger partial charge in [-0.2, -0.15) is 0 Å². The van der Waals surface area contributed by atoms with Gasteiger partial charge in [0.2, 0.25) is 0 Å². The molecule has 0 saturated heterocycles. The Morgan fingerprint density at radius 2 is 1.78 bits per heavy atom. The first-order valence-corrected chi connectivity index (χ1v) is 5.50. The Morgan fingerprint density at radius 1 is 1.11 bits per heavy atom. The molecule has 0 bridgehead atoms. The van der Waals surface area contributed by atoms with Crippen LogP contribution >= 0.6 is 0 Å². The number of hydrogen-bond donors (Lipinski definition) is 1. The Kier molecular flexibility index (Phi) is 3.46. The van der Waals surface area contributed by atoms with Crippen LogP contribution in [0.3, 0.4) is 0 Å². The summed E-state index contributed by atoms with van der Waals surface area (Å²) in [5.41, 5.74) is 6.98. The standard InChI is InChI=1S/C14H13F2NO/c1-9-7-10(17)5-6-14(9)18-8-11-12(15)3-2-4-13(11)16/h2-7H,8,17H2,1H3. The van der Waals surface area contributed by atoms with Gasteiger partial charge in [-0.3, -0.25) is 0 Å². The molecule has 2 aromatic rings. The Morgan fingerprint density at radius 3 is 2.39 bits per heavy atom. The molecule has 0 aliphatic rings. The predicted octanol–water partition coefficient (Wildman–Crippen LogP) is 3.43. The van der Waals surface area contributed by atoms with Crippen molar-refractivity contribution in [2.75, 3.05) is 5.73 Å². The van der Waals surface area contributed by atoms with Gasteiger partial charge in [-0.05, 0) is 42.8 Å². The maximum atomic E-state index is 13.4. The van der Waals surface area contributed by atoms with Gasteiger partial charge in [-0.25, -0.2) is 8.78 Å². The molecular formula is C14H13F2NO. The van der Waals surface area contributed by atoms with E-state index in [2.05, 4.69) is 0 Å². The second-order valence-corrected chi connectivity index (χ2v) is 4.01. The van der Waals surface area contributed by atoms with Crippen LogP contribution in [0.1, 0.15) is 11.1 Å². The average Bonchev–Trinajstić information content (AvgIpc) is 2.31. The van der Waals surface area contributed by atoms with Gasteiger partial charge in [-0.15, -0.1) is 0 Å². The summed E-state index contributed by atoms with van der Waals surface area (Å²) < 4.78 is 32.2. The maximum absolute atomic E-state index is 13.4. The first-order chi connectivity index (χ1) is 8.58. The van der Waals surface area contributed by atoms with E-state index >= 15 is 0 Å². The molecule has 0 saturated carbocycles. The van der Waals surface area contributed by atoms with E-state index in [9.17, 15) is 8.78 Å². The fourth-order valence-electron chi connectivity index (χ4n) is 1.65. The van der Waals surface area contributed by atoms with E-state index in [0.717, 1.165) is 5.56 Å². The summed E-state index contributed by atoms with van der Waals surface area (Å²) in [6, 6.07) is 8.84. The highest BCUT2D eigenvalue weighted by atomic mass is 19.1. The molecule has 2 N–H and O–H groups in total. The van der Waals surface area contributed by atoms with Crippen molar-refractivity contribution in [1.29, 1.82) is 0 Å². The highest BCUT2D eigenvalue weighted by Crippen LogP contribution is 2.22. The van der Waals surface area contributed by atoms with Crippen LogP contribution in [0.25, 0.3) is 0 Å². The van der Waals surface area contributed by atoms with Crippen LogP contribution in [0.2, 0.25) is 0 Å². The summed E-state index contributed by atoms with van der Waals surface area (Å²) in [5.74, 6) is -0.655. The third-order valence-electron chi connectivity index (χ3n) is 2.63. The minimum atomic E-state index is -0.608. The second-order valence-electron chi connectivity index (χ2n) is 4.01. The molecule has 94 valence electrons. The number of rotatable bonds is 3. The van der Waals surface area contributed by atoms with Gasteiger partial charge in [-0.1, -0.05) is 6.07 Å². The fourth-order valence-corrected chi connectivity index (χ4v) is 1.65. The third-order valence-corrected chi connectivity index (χ3v) is 2.63. The quantitative estimate of drug-likeness (QED) is 0.846. The van der Waals surface area contributed by atoms with Crippen LogP contribution in [0.5, 0.6) is 5.75 Å². The molecular weight excluding hydrogens is 236 g/mol. The molecule has 2 nitrogen and oxygen atoms in total. The zero-order chi connectivity index (χ0) is 13.1. The van der Waals surface area contributed by atoms with Crippen molar-refractivity contribution in [2.45, 2.75) is 13.5 Å². The zero-order valence-corrected chi connectivity index (χ0v) is 9.91. The normalized spacial score (nSPS) is 10.4. The highest BCUT2D eigenvalue weighted by molar-refractivity contribution is 5.47. The Bertz CT molecular complexity index is 549. The van der Waals surface area contributed by atoms with E-state index < -0.39 is 11.6 Å². The zero-order valence-electron chi connectivity index (χ0n) is 9.91. The van der Waals surface area contributed by atoms with Gasteiger partial charge in [0.1, 0.15) is 24.0 Å². The molecule has 0 aromatic heterocycles. The summed E-state index contributed by atoms with van der Waals surface area (Å²) in [6.07, 6.45) is 0. The highest BCUT2D eigenvalue weighted by Gasteiger charge is 2.09. The van der Waals surface area contributed by atoms with Crippen molar-refractivity contribution < 1.29 is 13.5 Å². The summed E-state index contributed by atoms with van der Waals surface area (Å²) in [7, 11) is 0. The topological polar surface area (TPSA) is 35.2 Å². The van der Waals surface area contributed by atoms with Crippen molar-refractivity contribution in [3.05, 3.63) is 59.2 Å². The number of aryl methyl sites for hydroxylation is 1. The summed E-state index contributed by atoms with van der Waals surface area (Å²) in [5, 5.41) is 0. The van der Waals surface area contributed by atoms with E-state index in [1.165, 1.54) is 18.2 Å². The number of nitrogen functional groups attached to an aromatic ring is 1. The van der Waals surface area contributed by atoms with Gasteiger partial charge < -0.3 is 10.5 Å². The van der Waals surface area contributed by atoms with E-state index in [4.69, 9.17) is 10.5 Å². The predicted molar refractivity (Wildman–Crippen MR) is 66.3 cm³/mol. The van der Waals surface area contributed by atoms with E-state index in [0.29, 0.717) is 11.4 Å². The monoisotopic (exact) mass is 249 g/mol. The first kappa shape index (κ1) is 12.4. The summed E-state index contributed by atoms with van der Waals surface area (Å²) in [6.45, 7) is 1.67.